The molecular weight excluding hydrogens is 250 g/mol. The van der Waals surface area contributed by atoms with Crippen molar-refractivity contribution in [3.8, 4) is 0 Å². The molecule has 0 bridgehead atoms. The summed E-state index contributed by atoms with van der Waals surface area (Å²) < 4.78 is 0. The summed E-state index contributed by atoms with van der Waals surface area (Å²) in [4.78, 5) is 5.01. The molecule has 0 atom stereocenters. The van der Waals surface area contributed by atoms with Crippen molar-refractivity contribution in [3.63, 3.8) is 0 Å². The molecule has 0 fully saturated rings. The lowest BCUT2D eigenvalue weighted by atomic mass is 10.1. The normalized spacial score (nSPS) is 12.8. The zero-order valence-electron chi connectivity index (χ0n) is 11.1. The second-order valence-electron chi connectivity index (χ2n) is 4.62. The summed E-state index contributed by atoms with van der Waals surface area (Å²) >= 11 is 1.86. The van der Waals surface area contributed by atoms with Gasteiger partial charge in [0, 0.05) is 16.3 Å². The van der Waals surface area contributed by atoms with E-state index in [1.807, 2.05) is 17.8 Å². The standard InChI is InChI=1S/C17H17NS/c1-3-11-18-14-7-5-6-8-16(14)19-17-10-9-13(4-2)12-15(17)18/h3,5-10,12H,1,4,11H2,2H3. The Hall–Kier alpha value is -1.67. The fraction of sp³-hybridized carbons (Fsp3) is 0.176. The number of aryl methyl sites for hydroxylation is 1. The molecule has 0 radical (unpaired) electrons. The third-order valence-corrected chi connectivity index (χ3v) is 4.54. The van der Waals surface area contributed by atoms with Crippen molar-refractivity contribution in [1.29, 1.82) is 0 Å². The molecule has 0 saturated carbocycles. The van der Waals surface area contributed by atoms with Crippen molar-refractivity contribution in [2.45, 2.75) is 23.1 Å². The number of anilines is 2. The van der Waals surface area contributed by atoms with Gasteiger partial charge in [0.05, 0.1) is 11.4 Å². The highest BCUT2D eigenvalue weighted by molar-refractivity contribution is 7.99. The molecule has 0 amide bonds. The van der Waals surface area contributed by atoms with Crippen LogP contribution < -0.4 is 4.90 Å². The maximum Gasteiger partial charge on any atom is 0.0558 e. The van der Waals surface area contributed by atoms with Crippen LogP contribution in [0, 0.1) is 0 Å². The van der Waals surface area contributed by atoms with Crippen LogP contribution in [0.4, 0.5) is 11.4 Å². The van der Waals surface area contributed by atoms with Crippen LogP contribution in [0.3, 0.4) is 0 Å². The quantitative estimate of drug-likeness (QED) is 0.717. The number of benzene rings is 2. The first-order valence-corrected chi connectivity index (χ1v) is 7.43. The highest BCUT2D eigenvalue weighted by Gasteiger charge is 2.22. The van der Waals surface area contributed by atoms with Gasteiger partial charge in [-0.05, 0) is 36.2 Å². The van der Waals surface area contributed by atoms with Crippen LogP contribution in [0.2, 0.25) is 0 Å². The fourth-order valence-electron chi connectivity index (χ4n) is 2.42. The molecule has 1 nitrogen and oxygen atoms in total. The van der Waals surface area contributed by atoms with E-state index in [2.05, 4.69) is 60.9 Å². The molecule has 1 heterocycles. The van der Waals surface area contributed by atoms with E-state index >= 15 is 0 Å². The van der Waals surface area contributed by atoms with Crippen molar-refractivity contribution in [1.82, 2.24) is 0 Å². The van der Waals surface area contributed by atoms with Gasteiger partial charge in [0.25, 0.3) is 0 Å². The Balaban J connectivity index is 2.14. The lowest BCUT2D eigenvalue weighted by Gasteiger charge is -2.32. The molecule has 2 aromatic rings. The van der Waals surface area contributed by atoms with Crippen molar-refractivity contribution < 1.29 is 0 Å². The SMILES string of the molecule is C=CCN1c2ccccc2Sc2ccc(CC)cc21. The van der Waals surface area contributed by atoms with Gasteiger partial charge in [0.15, 0.2) is 0 Å². The molecule has 0 unspecified atom stereocenters. The summed E-state index contributed by atoms with van der Waals surface area (Å²) in [5.41, 5.74) is 3.98. The number of nitrogens with zero attached hydrogens (tertiary/aromatic N) is 1. The molecule has 3 rings (SSSR count). The number of hydrogen-bond donors (Lipinski definition) is 0. The third-order valence-electron chi connectivity index (χ3n) is 3.41. The highest BCUT2D eigenvalue weighted by atomic mass is 32.2. The largest absolute Gasteiger partial charge is 0.336 e. The first kappa shape index (κ1) is 12.4. The van der Waals surface area contributed by atoms with Gasteiger partial charge in [0.1, 0.15) is 0 Å². The molecule has 0 aliphatic carbocycles. The van der Waals surface area contributed by atoms with Gasteiger partial charge in [-0.25, -0.2) is 0 Å². The van der Waals surface area contributed by atoms with Crippen LogP contribution in [0.5, 0.6) is 0 Å². The van der Waals surface area contributed by atoms with Crippen molar-refractivity contribution >= 4 is 23.1 Å². The topological polar surface area (TPSA) is 3.24 Å². The van der Waals surface area contributed by atoms with E-state index < -0.39 is 0 Å². The molecule has 1 aliphatic rings. The van der Waals surface area contributed by atoms with E-state index in [1.165, 1.54) is 26.7 Å². The van der Waals surface area contributed by atoms with Crippen LogP contribution in [-0.2, 0) is 6.42 Å². The van der Waals surface area contributed by atoms with Gasteiger partial charge < -0.3 is 4.90 Å². The van der Waals surface area contributed by atoms with Crippen LogP contribution >= 0.6 is 11.8 Å². The minimum absolute atomic E-state index is 0.845. The summed E-state index contributed by atoms with van der Waals surface area (Å²) in [6, 6.07) is 15.4. The summed E-state index contributed by atoms with van der Waals surface area (Å²) in [6.45, 7) is 6.94. The molecule has 0 N–H and O–H groups in total. The third kappa shape index (κ3) is 2.17. The summed E-state index contributed by atoms with van der Waals surface area (Å²) in [6.07, 6.45) is 3.04. The van der Waals surface area contributed by atoms with Gasteiger partial charge in [-0.1, -0.05) is 43.0 Å². The van der Waals surface area contributed by atoms with Crippen molar-refractivity contribution in [2.24, 2.45) is 0 Å². The Labute approximate surface area is 119 Å². The van der Waals surface area contributed by atoms with Crippen molar-refractivity contribution in [2.75, 3.05) is 11.4 Å². The highest BCUT2D eigenvalue weighted by Crippen LogP contribution is 2.48. The van der Waals surface area contributed by atoms with Crippen LogP contribution in [0.15, 0.2) is 64.9 Å². The smallest absolute Gasteiger partial charge is 0.0558 e. The second-order valence-corrected chi connectivity index (χ2v) is 5.71. The molecule has 96 valence electrons. The summed E-state index contributed by atoms with van der Waals surface area (Å²) in [5.74, 6) is 0. The molecule has 2 heteroatoms. The first-order chi connectivity index (χ1) is 9.33. The number of hydrogen-bond acceptors (Lipinski definition) is 2. The molecule has 0 aromatic heterocycles. The Morgan fingerprint density at radius 3 is 2.68 bits per heavy atom. The minimum Gasteiger partial charge on any atom is -0.336 e. The fourth-order valence-corrected chi connectivity index (χ4v) is 3.50. The Morgan fingerprint density at radius 1 is 1.11 bits per heavy atom. The lowest BCUT2D eigenvalue weighted by Crippen LogP contribution is -2.20. The molecule has 2 aromatic carbocycles. The Bertz CT molecular complexity index is 618. The maximum atomic E-state index is 3.89. The van der Waals surface area contributed by atoms with Gasteiger partial charge in [-0.3, -0.25) is 0 Å². The number of fused-ring (bicyclic) bond motifs is 2. The number of para-hydroxylation sites is 1. The van der Waals surface area contributed by atoms with Crippen LogP contribution in [0.25, 0.3) is 0 Å². The van der Waals surface area contributed by atoms with E-state index in [-0.39, 0.29) is 0 Å². The van der Waals surface area contributed by atoms with Gasteiger partial charge >= 0.3 is 0 Å². The zero-order valence-corrected chi connectivity index (χ0v) is 11.9. The first-order valence-electron chi connectivity index (χ1n) is 6.61. The second kappa shape index (κ2) is 5.14. The molecule has 0 saturated heterocycles. The van der Waals surface area contributed by atoms with Crippen molar-refractivity contribution in [3.05, 3.63) is 60.7 Å². The Kier molecular flexibility index (Phi) is 3.34. The van der Waals surface area contributed by atoms with E-state index in [9.17, 15) is 0 Å². The van der Waals surface area contributed by atoms with Gasteiger partial charge in [-0.2, -0.15) is 0 Å². The zero-order chi connectivity index (χ0) is 13.2. The average molecular weight is 267 g/mol. The molecular formula is C17H17NS. The molecule has 1 aliphatic heterocycles. The lowest BCUT2D eigenvalue weighted by molar-refractivity contribution is 1.02. The van der Waals surface area contributed by atoms with Crippen LogP contribution in [0.1, 0.15) is 12.5 Å². The number of rotatable bonds is 3. The van der Waals surface area contributed by atoms with E-state index in [0.717, 1.165) is 13.0 Å². The van der Waals surface area contributed by atoms with Gasteiger partial charge in [0.2, 0.25) is 0 Å². The Morgan fingerprint density at radius 2 is 1.89 bits per heavy atom. The van der Waals surface area contributed by atoms with E-state index in [4.69, 9.17) is 0 Å². The maximum absolute atomic E-state index is 3.89. The van der Waals surface area contributed by atoms with E-state index in [0.29, 0.717) is 0 Å². The van der Waals surface area contributed by atoms with Crippen LogP contribution in [-0.4, -0.2) is 6.54 Å². The summed E-state index contributed by atoms with van der Waals surface area (Å²) in [7, 11) is 0. The molecule has 19 heavy (non-hydrogen) atoms. The summed E-state index contributed by atoms with van der Waals surface area (Å²) in [5, 5.41) is 0. The molecule has 0 spiro atoms. The predicted octanol–water partition coefficient (Wildman–Crippen LogP) is 5.04. The van der Waals surface area contributed by atoms with E-state index in [1.54, 1.807) is 0 Å². The minimum atomic E-state index is 0.845. The monoisotopic (exact) mass is 267 g/mol. The predicted molar refractivity (Wildman–Crippen MR) is 83.6 cm³/mol. The average Bonchev–Trinajstić information content (AvgIpc) is 2.47. The van der Waals surface area contributed by atoms with Gasteiger partial charge in [-0.15, -0.1) is 6.58 Å².